The summed E-state index contributed by atoms with van der Waals surface area (Å²) in [6.07, 6.45) is 2.40. The van der Waals surface area contributed by atoms with Crippen LogP contribution >= 0.6 is 24.0 Å². The first kappa shape index (κ1) is 21.5. The van der Waals surface area contributed by atoms with Gasteiger partial charge in [-0.25, -0.2) is 0 Å². The number of rotatable bonds is 3. The molecule has 2 N–H and O–H groups in total. The number of carbonyl (C=O) groups excluding carboxylic acids is 1. The highest BCUT2D eigenvalue weighted by atomic mass is 35.5. The Morgan fingerprint density at radius 2 is 1.96 bits per heavy atom. The van der Waals surface area contributed by atoms with Crippen LogP contribution in [0.25, 0.3) is 0 Å². The fourth-order valence-corrected chi connectivity index (χ4v) is 3.52. The van der Waals surface area contributed by atoms with Crippen LogP contribution in [0, 0.1) is 5.41 Å². The van der Waals surface area contributed by atoms with E-state index in [9.17, 15) is 9.59 Å². The molecule has 1 aromatic carbocycles. The summed E-state index contributed by atoms with van der Waals surface area (Å²) in [5, 5.41) is 0.600. The van der Waals surface area contributed by atoms with E-state index in [1.807, 2.05) is 23.1 Å². The Labute approximate surface area is 170 Å². The molecule has 2 aromatic rings. The summed E-state index contributed by atoms with van der Waals surface area (Å²) in [6, 6.07) is 10.5. The quantitative estimate of drug-likeness (QED) is 0.845. The van der Waals surface area contributed by atoms with E-state index < -0.39 is 0 Å². The summed E-state index contributed by atoms with van der Waals surface area (Å²) in [5.74, 6) is -0.0714. The number of aromatic nitrogens is 1. The number of pyridine rings is 1. The first-order chi connectivity index (χ1) is 12.3. The lowest BCUT2D eigenvalue weighted by Crippen LogP contribution is -2.54. The topological polar surface area (TPSA) is 68.3 Å². The van der Waals surface area contributed by atoms with Gasteiger partial charge in [-0.2, -0.15) is 0 Å². The van der Waals surface area contributed by atoms with Crippen LogP contribution < -0.4 is 11.3 Å². The third-order valence-corrected chi connectivity index (χ3v) is 5.50. The number of piperidine rings is 1. The molecule has 0 saturated carbocycles. The number of nitrogens with two attached hydrogens (primary N) is 1. The second-order valence-corrected chi connectivity index (χ2v) is 7.99. The molecule has 0 aliphatic carbocycles. The van der Waals surface area contributed by atoms with Gasteiger partial charge in [0.1, 0.15) is 0 Å². The lowest BCUT2D eigenvalue weighted by atomic mass is 9.79. The number of halogens is 2. The number of hydrogen-bond acceptors (Lipinski definition) is 3. The molecule has 1 unspecified atom stereocenters. The molecule has 1 saturated heterocycles. The minimum Gasteiger partial charge on any atom is -0.338 e. The lowest BCUT2D eigenvalue weighted by molar-refractivity contribution is 0.0532. The van der Waals surface area contributed by atoms with Crippen molar-refractivity contribution in [3.05, 3.63) is 69.1 Å². The maximum absolute atomic E-state index is 12.9. The van der Waals surface area contributed by atoms with Crippen molar-refractivity contribution in [1.82, 2.24) is 9.47 Å². The average molecular weight is 410 g/mol. The molecule has 0 bridgehead atoms. The van der Waals surface area contributed by atoms with Gasteiger partial charge in [0.2, 0.25) is 0 Å². The van der Waals surface area contributed by atoms with E-state index in [0.717, 1.165) is 12.0 Å². The Kier molecular flexibility index (Phi) is 6.73. The van der Waals surface area contributed by atoms with E-state index in [0.29, 0.717) is 30.2 Å². The predicted octanol–water partition coefficient (Wildman–Crippen LogP) is 3.17. The summed E-state index contributed by atoms with van der Waals surface area (Å²) >= 11 is 6.19. The zero-order valence-corrected chi connectivity index (χ0v) is 17.1. The fourth-order valence-electron chi connectivity index (χ4n) is 3.32. The van der Waals surface area contributed by atoms with Gasteiger partial charge in [0.25, 0.3) is 11.5 Å². The van der Waals surface area contributed by atoms with Crippen molar-refractivity contribution in [2.75, 3.05) is 13.1 Å². The number of nitrogens with zero attached hydrogens (tertiary/aromatic N) is 2. The highest BCUT2D eigenvalue weighted by Gasteiger charge is 2.35. The van der Waals surface area contributed by atoms with Crippen molar-refractivity contribution in [2.24, 2.45) is 11.1 Å². The van der Waals surface area contributed by atoms with Gasteiger partial charge < -0.3 is 15.2 Å². The van der Waals surface area contributed by atoms with E-state index in [1.54, 1.807) is 18.3 Å². The van der Waals surface area contributed by atoms with Crippen molar-refractivity contribution < 1.29 is 4.79 Å². The van der Waals surface area contributed by atoms with Crippen molar-refractivity contribution in [2.45, 2.75) is 32.9 Å². The van der Waals surface area contributed by atoms with Crippen LogP contribution in [0.5, 0.6) is 0 Å². The van der Waals surface area contributed by atoms with Gasteiger partial charge in [-0.3, -0.25) is 9.59 Å². The third kappa shape index (κ3) is 4.72. The largest absolute Gasteiger partial charge is 0.338 e. The number of hydrogen-bond donors (Lipinski definition) is 1. The molecule has 146 valence electrons. The number of benzene rings is 1. The Balaban J connectivity index is 0.00000261. The van der Waals surface area contributed by atoms with Gasteiger partial charge in [-0.05, 0) is 29.5 Å². The van der Waals surface area contributed by atoms with E-state index >= 15 is 0 Å². The normalized spacial score (nSPS) is 18.7. The molecular weight excluding hydrogens is 385 g/mol. The average Bonchev–Trinajstić information content (AvgIpc) is 2.60. The van der Waals surface area contributed by atoms with Crippen molar-refractivity contribution >= 4 is 29.9 Å². The minimum atomic E-state index is -0.164. The Morgan fingerprint density at radius 3 is 2.63 bits per heavy atom. The number of likely N-dealkylation sites (tertiary alicyclic amines) is 1. The predicted molar refractivity (Wildman–Crippen MR) is 111 cm³/mol. The van der Waals surface area contributed by atoms with Gasteiger partial charge in [0.05, 0.1) is 12.1 Å². The zero-order valence-electron chi connectivity index (χ0n) is 15.5. The molecule has 0 spiro atoms. The van der Waals surface area contributed by atoms with Crippen molar-refractivity contribution in [1.29, 1.82) is 0 Å². The second-order valence-electron chi connectivity index (χ2n) is 7.59. The summed E-state index contributed by atoms with van der Waals surface area (Å²) in [4.78, 5) is 27.0. The van der Waals surface area contributed by atoms with Crippen molar-refractivity contribution in [3.63, 3.8) is 0 Å². The molecule has 7 heteroatoms. The molecule has 2 heterocycles. The standard InChI is InChI=1S/C20H24ClN3O2.ClH/c1-20(2)13-23(10-9-17(20)22)19(26)15-7-8-18(25)24(12-15)11-14-5-3-4-6-16(14)21;/h3-8,12,17H,9-11,13,22H2,1-2H3;1H. The van der Waals surface area contributed by atoms with Crippen LogP contribution in [0.4, 0.5) is 0 Å². The highest BCUT2D eigenvalue weighted by Crippen LogP contribution is 2.28. The summed E-state index contributed by atoms with van der Waals surface area (Å²) in [6.45, 7) is 5.73. The van der Waals surface area contributed by atoms with Gasteiger partial charge >= 0.3 is 0 Å². The van der Waals surface area contributed by atoms with Gasteiger partial charge in [-0.15, -0.1) is 12.4 Å². The SMILES string of the molecule is CC1(C)CN(C(=O)c2ccc(=O)n(Cc3ccccc3Cl)c2)CCC1N.Cl. The molecule has 1 aliphatic rings. The minimum absolute atomic E-state index is 0. The Bertz CT molecular complexity index is 880. The Hall–Kier alpha value is -1.82. The maximum atomic E-state index is 12.9. The molecular formula is C20H25Cl2N3O2. The maximum Gasteiger partial charge on any atom is 0.255 e. The highest BCUT2D eigenvalue weighted by molar-refractivity contribution is 6.31. The molecule has 5 nitrogen and oxygen atoms in total. The molecule has 1 amide bonds. The fraction of sp³-hybridized carbons (Fsp3) is 0.400. The van der Waals surface area contributed by atoms with E-state index in [1.165, 1.54) is 10.6 Å². The second kappa shape index (κ2) is 8.46. The lowest BCUT2D eigenvalue weighted by Gasteiger charge is -2.42. The third-order valence-electron chi connectivity index (χ3n) is 5.13. The van der Waals surface area contributed by atoms with Crippen molar-refractivity contribution in [3.8, 4) is 0 Å². The molecule has 3 rings (SSSR count). The number of carbonyl (C=O) groups is 1. The van der Waals surface area contributed by atoms with Gasteiger partial charge in [0.15, 0.2) is 0 Å². The van der Waals surface area contributed by atoms with E-state index in [4.69, 9.17) is 17.3 Å². The smallest absolute Gasteiger partial charge is 0.255 e. The molecule has 27 heavy (non-hydrogen) atoms. The van der Waals surface area contributed by atoms with Crippen LogP contribution in [0.3, 0.4) is 0 Å². The first-order valence-corrected chi connectivity index (χ1v) is 9.14. The molecule has 1 aliphatic heterocycles. The monoisotopic (exact) mass is 409 g/mol. The van der Waals surface area contributed by atoms with Crippen LogP contribution in [0.1, 0.15) is 36.2 Å². The summed E-state index contributed by atoms with van der Waals surface area (Å²) in [5.41, 5.74) is 7.21. The Morgan fingerprint density at radius 1 is 1.26 bits per heavy atom. The molecule has 1 atom stereocenters. The van der Waals surface area contributed by atoms with E-state index in [2.05, 4.69) is 13.8 Å². The molecule has 1 fully saturated rings. The number of amides is 1. The molecule has 1 aromatic heterocycles. The molecule has 0 radical (unpaired) electrons. The van der Waals surface area contributed by atoms with Crippen LogP contribution in [-0.4, -0.2) is 34.5 Å². The zero-order chi connectivity index (χ0) is 18.9. The summed E-state index contributed by atoms with van der Waals surface area (Å²) in [7, 11) is 0. The van der Waals surface area contributed by atoms with Crippen LogP contribution in [0.15, 0.2) is 47.4 Å². The van der Waals surface area contributed by atoms with Crippen LogP contribution in [-0.2, 0) is 6.54 Å². The van der Waals surface area contributed by atoms with Gasteiger partial charge in [-0.1, -0.05) is 43.6 Å². The van der Waals surface area contributed by atoms with Gasteiger partial charge in [0, 0.05) is 36.4 Å². The van der Waals surface area contributed by atoms with E-state index in [-0.39, 0.29) is 35.3 Å². The van der Waals surface area contributed by atoms with Crippen LogP contribution in [0.2, 0.25) is 5.02 Å². The summed E-state index contributed by atoms with van der Waals surface area (Å²) < 4.78 is 1.52. The first-order valence-electron chi connectivity index (χ1n) is 8.77.